The molecule has 6 heteroatoms. The lowest BCUT2D eigenvalue weighted by atomic mass is 9.87. The summed E-state index contributed by atoms with van der Waals surface area (Å²) in [5.74, 6) is 2.63. The second kappa shape index (κ2) is 9.53. The lowest BCUT2D eigenvalue weighted by Crippen LogP contribution is -2.42. The zero-order valence-corrected chi connectivity index (χ0v) is 15.7. The number of aliphatic imine (C=N–C) groups is 1. The Morgan fingerprint density at radius 3 is 2.48 bits per heavy atom. The highest BCUT2D eigenvalue weighted by Crippen LogP contribution is 2.22. The molecule has 2 N–H and O–H groups in total. The molecule has 0 fully saturated rings. The van der Waals surface area contributed by atoms with E-state index in [1.165, 1.54) is 25.7 Å². The number of nitrogens with one attached hydrogen (secondary N) is 2. The van der Waals surface area contributed by atoms with Gasteiger partial charge in [0, 0.05) is 20.1 Å². The summed E-state index contributed by atoms with van der Waals surface area (Å²) in [6.07, 6.45) is 5.10. The molecule has 1 rings (SSSR count). The summed E-state index contributed by atoms with van der Waals surface area (Å²) < 4.78 is 1.97. The minimum Gasteiger partial charge on any atom is -0.357 e. The van der Waals surface area contributed by atoms with Gasteiger partial charge in [-0.1, -0.05) is 40.0 Å². The van der Waals surface area contributed by atoms with E-state index in [1.54, 1.807) is 0 Å². The number of unbranched alkanes of at least 4 members (excludes halogenated alkanes) is 2. The van der Waals surface area contributed by atoms with Crippen molar-refractivity contribution in [2.45, 2.75) is 66.8 Å². The highest BCUT2D eigenvalue weighted by atomic mass is 15.3. The lowest BCUT2D eigenvalue weighted by molar-refractivity contribution is 0.318. The maximum absolute atomic E-state index is 4.63. The Hall–Kier alpha value is -1.59. The molecule has 0 atom stereocenters. The highest BCUT2D eigenvalue weighted by Gasteiger charge is 2.17. The minimum atomic E-state index is 0.271. The third-order valence-corrected chi connectivity index (χ3v) is 4.10. The molecule has 0 aliphatic heterocycles. The van der Waals surface area contributed by atoms with Gasteiger partial charge in [-0.15, -0.1) is 10.2 Å². The number of guanidine groups is 1. The zero-order valence-electron chi connectivity index (χ0n) is 15.7. The van der Waals surface area contributed by atoms with Crippen molar-refractivity contribution in [1.29, 1.82) is 0 Å². The van der Waals surface area contributed by atoms with Crippen molar-refractivity contribution in [3.63, 3.8) is 0 Å². The van der Waals surface area contributed by atoms with Crippen molar-refractivity contribution in [1.82, 2.24) is 25.4 Å². The second-order valence-corrected chi connectivity index (χ2v) is 6.89. The van der Waals surface area contributed by atoms with E-state index in [2.05, 4.69) is 53.5 Å². The van der Waals surface area contributed by atoms with E-state index in [0.717, 1.165) is 30.7 Å². The minimum absolute atomic E-state index is 0.271. The van der Waals surface area contributed by atoms with Gasteiger partial charge < -0.3 is 15.2 Å². The largest absolute Gasteiger partial charge is 0.357 e. The summed E-state index contributed by atoms with van der Waals surface area (Å²) in [5.41, 5.74) is 0.271. The van der Waals surface area contributed by atoms with Crippen molar-refractivity contribution in [3.8, 4) is 0 Å². The van der Waals surface area contributed by atoms with Crippen molar-refractivity contribution in [3.05, 3.63) is 11.6 Å². The number of hydrogen-bond acceptors (Lipinski definition) is 3. The van der Waals surface area contributed by atoms with Crippen LogP contribution in [-0.2, 0) is 13.6 Å². The molecule has 0 spiro atoms. The zero-order chi connectivity index (χ0) is 17.3. The Labute approximate surface area is 141 Å². The van der Waals surface area contributed by atoms with Crippen LogP contribution in [0.4, 0.5) is 0 Å². The van der Waals surface area contributed by atoms with Crippen LogP contribution >= 0.6 is 0 Å². The first-order valence-corrected chi connectivity index (χ1v) is 8.76. The maximum Gasteiger partial charge on any atom is 0.191 e. The van der Waals surface area contributed by atoms with Gasteiger partial charge in [0.2, 0.25) is 0 Å². The molecule has 1 aromatic heterocycles. The van der Waals surface area contributed by atoms with Crippen LogP contribution < -0.4 is 10.6 Å². The average Bonchev–Trinajstić information content (AvgIpc) is 2.82. The number of hydrogen-bond donors (Lipinski definition) is 2. The molecule has 0 amide bonds. The molecule has 0 aromatic carbocycles. The Morgan fingerprint density at radius 1 is 1.17 bits per heavy atom. The third-order valence-electron chi connectivity index (χ3n) is 4.10. The van der Waals surface area contributed by atoms with Gasteiger partial charge in [0.1, 0.15) is 12.4 Å². The van der Waals surface area contributed by atoms with Crippen LogP contribution in [0.1, 0.15) is 65.0 Å². The van der Waals surface area contributed by atoms with E-state index in [4.69, 9.17) is 0 Å². The first kappa shape index (κ1) is 19.5. The first-order chi connectivity index (χ1) is 10.9. The van der Waals surface area contributed by atoms with Gasteiger partial charge >= 0.3 is 0 Å². The topological polar surface area (TPSA) is 67.1 Å². The molecule has 23 heavy (non-hydrogen) atoms. The van der Waals surface area contributed by atoms with Crippen LogP contribution in [0.25, 0.3) is 0 Å². The Morgan fingerprint density at radius 2 is 1.91 bits per heavy atom. The molecule has 1 heterocycles. The van der Waals surface area contributed by atoms with Gasteiger partial charge in [-0.3, -0.25) is 0 Å². The summed E-state index contributed by atoms with van der Waals surface area (Å²) in [6, 6.07) is 0. The van der Waals surface area contributed by atoms with Crippen LogP contribution in [0, 0.1) is 12.3 Å². The SMILES string of the molecule is CCCCCC(C)(C)CNC(=NCc1nnc(C)n1C)NCC. The maximum atomic E-state index is 4.63. The van der Waals surface area contributed by atoms with Gasteiger partial charge in [-0.25, -0.2) is 4.99 Å². The van der Waals surface area contributed by atoms with E-state index >= 15 is 0 Å². The van der Waals surface area contributed by atoms with Gasteiger partial charge in [0.25, 0.3) is 0 Å². The quantitative estimate of drug-likeness (QED) is 0.417. The molecule has 0 aliphatic rings. The molecule has 0 unspecified atom stereocenters. The van der Waals surface area contributed by atoms with Crippen molar-refractivity contribution >= 4 is 5.96 Å². The molecule has 0 aliphatic carbocycles. The molecule has 0 saturated heterocycles. The average molecular weight is 323 g/mol. The van der Waals surface area contributed by atoms with E-state index in [9.17, 15) is 0 Å². The summed E-state index contributed by atoms with van der Waals surface area (Å²) in [4.78, 5) is 4.63. The standard InChI is InChI=1S/C17H34N6/c1-7-9-10-11-17(4,5)13-20-16(18-8-2)19-12-15-22-21-14(3)23(15)6/h7-13H2,1-6H3,(H2,18,19,20). The first-order valence-electron chi connectivity index (χ1n) is 8.76. The molecule has 132 valence electrons. The monoisotopic (exact) mass is 322 g/mol. The normalized spacial score (nSPS) is 12.5. The van der Waals surface area contributed by atoms with E-state index in [1.807, 2.05) is 18.5 Å². The summed E-state index contributed by atoms with van der Waals surface area (Å²) in [7, 11) is 1.97. The molecule has 0 radical (unpaired) electrons. The number of aromatic nitrogens is 3. The second-order valence-electron chi connectivity index (χ2n) is 6.89. The molecule has 0 bridgehead atoms. The number of rotatable bonds is 9. The van der Waals surface area contributed by atoms with Crippen molar-refractivity contribution < 1.29 is 0 Å². The van der Waals surface area contributed by atoms with E-state index < -0.39 is 0 Å². The molecular formula is C17H34N6. The predicted octanol–water partition coefficient (Wildman–Crippen LogP) is 2.79. The van der Waals surface area contributed by atoms with Crippen LogP contribution in [0.2, 0.25) is 0 Å². The van der Waals surface area contributed by atoms with Crippen LogP contribution in [0.15, 0.2) is 4.99 Å². The fraction of sp³-hybridized carbons (Fsp3) is 0.824. The summed E-state index contributed by atoms with van der Waals surface area (Å²) in [5, 5.41) is 15.0. The van der Waals surface area contributed by atoms with E-state index in [0.29, 0.717) is 6.54 Å². The van der Waals surface area contributed by atoms with Crippen molar-refractivity contribution in [2.75, 3.05) is 13.1 Å². The van der Waals surface area contributed by atoms with Gasteiger partial charge in [0.05, 0.1) is 0 Å². The van der Waals surface area contributed by atoms with Gasteiger partial charge in [-0.2, -0.15) is 0 Å². The molecule has 1 aromatic rings. The van der Waals surface area contributed by atoms with Gasteiger partial charge in [-0.05, 0) is 25.7 Å². The molecule has 0 saturated carbocycles. The summed E-state index contributed by atoms with van der Waals surface area (Å²) >= 11 is 0. The smallest absolute Gasteiger partial charge is 0.191 e. The van der Waals surface area contributed by atoms with E-state index in [-0.39, 0.29) is 5.41 Å². The molecule has 6 nitrogen and oxygen atoms in total. The Balaban J connectivity index is 2.57. The molecular weight excluding hydrogens is 288 g/mol. The summed E-state index contributed by atoms with van der Waals surface area (Å²) in [6.45, 7) is 13.2. The van der Waals surface area contributed by atoms with Gasteiger partial charge in [0.15, 0.2) is 11.8 Å². The van der Waals surface area contributed by atoms with Crippen LogP contribution in [-0.4, -0.2) is 33.8 Å². The fourth-order valence-corrected chi connectivity index (χ4v) is 2.35. The fourth-order valence-electron chi connectivity index (χ4n) is 2.35. The highest BCUT2D eigenvalue weighted by molar-refractivity contribution is 5.79. The van der Waals surface area contributed by atoms with Crippen LogP contribution in [0.3, 0.4) is 0 Å². The lowest BCUT2D eigenvalue weighted by Gasteiger charge is -2.26. The number of nitrogens with zero attached hydrogens (tertiary/aromatic N) is 4. The number of aryl methyl sites for hydroxylation is 1. The van der Waals surface area contributed by atoms with Crippen molar-refractivity contribution in [2.24, 2.45) is 17.5 Å². The Bertz CT molecular complexity index is 489. The third kappa shape index (κ3) is 7.01. The van der Waals surface area contributed by atoms with Crippen LogP contribution in [0.5, 0.6) is 0 Å². The predicted molar refractivity (Wildman–Crippen MR) is 96.5 cm³/mol. The Kier molecular flexibility index (Phi) is 8.06.